The zero-order valence-electron chi connectivity index (χ0n) is 15.3. The number of halogens is 1. The van der Waals surface area contributed by atoms with Gasteiger partial charge in [0, 0.05) is 35.6 Å². The summed E-state index contributed by atoms with van der Waals surface area (Å²) in [5, 5.41) is 10.5. The number of piperidine rings is 1. The number of Topliss-reactive ketones (excluding diaryl/α,β-unsaturated/α-hetero) is 1. The molecule has 0 saturated carbocycles. The molecular formula is C22H21FN2O3. The van der Waals surface area contributed by atoms with Crippen molar-refractivity contribution in [1.82, 2.24) is 9.88 Å². The molecule has 1 amide bonds. The Bertz CT molecular complexity index is 1020. The summed E-state index contributed by atoms with van der Waals surface area (Å²) >= 11 is 0. The van der Waals surface area contributed by atoms with E-state index in [4.69, 9.17) is 0 Å². The third kappa shape index (κ3) is 3.10. The van der Waals surface area contributed by atoms with Gasteiger partial charge in [0.05, 0.1) is 12.2 Å². The van der Waals surface area contributed by atoms with Gasteiger partial charge < -0.3 is 15.0 Å². The molecule has 0 spiro atoms. The third-order valence-corrected chi connectivity index (χ3v) is 5.78. The minimum Gasteiger partial charge on any atom is -0.395 e. The number of nitrogens with one attached hydrogen (secondary N) is 1. The van der Waals surface area contributed by atoms with Crippen molar-refractivity contribution in [2.24, 2.45) is 0 Å². The van der Waals surface area contributed by atoms with E-state index in [-0.39, 0.29) is 17.6 Å². The molecule has 6 heteroatoms. The predicted molar refractivity (Wildman–Crippen MR) is 104 cm³/mol. The number of aliphatic hydroxyl groups is 1. The number of rotatable bonds is 4. The quantitative estimate of drug-likeness (QED) is 0.540. The summed E-state index contributed by atoms with van der Waals surface area (Å²) in [5.74, 6) is -1.57. The number of ketones is 1. The van der Waals surface area contributed by atoms with Crippen LogP contribution in [0, 0.1) is 5.82 Å². The van der Waals surface area contributed by atoms with Gasteiger partial charge in [0.2, 0.25) is 0 Å². The Balaban J connectivity index is 1.51. The topological polar surface area (TPSA) is 73.4 Å². The van der Waals surface area contributed by atoms with Crippen LogP contribution in [0.5, 0.6) is 0 Å². The Morgan fingerprint density at radius 2 is 1.82 bits per heavy atom. The Morgan fingerprint density at radius 3 is 2.50 bits per heavy atom. The number of amides is 1. The summed E-state index contributed by atoms with van der Waals surface area (Å²) in [6, 6.07) is 13.9. The molecule has 144 valence electrons. The van der Waals surface area contributed by atoms with Crippen LogP contribution in [0.3, 0.4) is 0 Å². The van der Waals surface area contributed by atoms with Gasteiger partial charge in [-0.25, -0.2) is 4.39 Å². The second-order valence-corrected chi connectivity index (χ2v) is 7.32. The number of carbonyl (C=O) groups excluding carboxylic acids is 2. The minimum atomic E-state index is -0.603. The number of hydrogen-bond donors (Lipinski definition) is 2. The van der Waals surface area contributed by atoms with Crippen LogP contribution in [0.1, 0.15) is 28.8 Å². The molecule has 0 bridgehead atoms. The molecule has 4 rings (SSSR count). The van der Waals surface area contributed by atoms with Crippen molar-refractivity contribution in [2.75, 3.05) is 19.7 Å². The van der Waals surface area contributed by atoms with Crippen LogP contribution in [-0.4, -0.2) is 46.4 Å². The van der Waals surface area contributed by atoms with Gasteiger partial charge in [-0.3, -0.25) is 9.59 Å². The Kier molecular flexibility index (Phi) is 4.73. The highest BCUT2D eigenvalue weighted by atomic mass is 19.1. The zero-order chi connectivity index (χ0) is 19.7. The molecule has 1 aliphatic rings. The van der Waals surface area contributed by atoms with E-state index in [1.807, 2.05) is 30.3 Å². The van der Waals surface area contributed by atoms with E-state index in [0.29, 0.717) is 36.8 Å². The van der Waals surface area contributed by atoms with Crippen LogP contribution in [0.25, 0.3) is 10.9 Å². The Labute approximate surface area is 161 Å². The zero-order valence-corrected chi connectivity index (χ0v) is 15.3. The van der Waals surface area contributed by atoms with Crippen molar-refractivity contribution in [1.29, 1.82) is 0 Å². The van der Waals surface area contributed by atoms with Crippen LogP contribution < -0.4 is 0 Å². The number of aliphatic hydroxyl groups excluding tert-OH is 1. The fraction of sp³-hybridized carbons (Fsp3) is 0.273. The van der Waals surface area contributed by atoms with E-state index >= 15 is 0 Å². The van der Waals surface area contributed by atoms with Crippen molar-refractivity contribution in [3.8, 4) is 0 Å². The highest BCUT2D eigenvalue weighted by Crippen LogP contribution is 2.35. The van der Waals surface area contributed by atoms with E-state index in [2.05, 4.69) is 4.98 Å². The number of aromatic nitrogens is 1. The number of hydrogen-bond acceptors (Lipinski definition) is 3. The van der Waals surface area contributed by atoms with E-state index in [1.54, 1.807) is 4.90 Å². The molecule has 5 nitrogen and oxygen atoms in total. The van der Waals surface area contributed by atoms with Crippen LogP contribution >= 0.6 is 0 Å². The van der Waals surface area contributed by atoms with Crippen molar-refractivity contribution >= 4 is 22.6 Å². The Hall–Kier alpha value is -2.99. The summed E-state index contributed by atoms with van der Waals surface area (Å²) in [6.07, 6.45) is 2.63. The summed E-state index contributed by atoms with van der Waals surface area (Å²) in [6.45, 7) is 0.801. The number of benzene rings is 2. The fourth-order valence-corrected chi connectivity index (χ4v) is 4.01. The molecule has 28 heavy (non-hydrogen) atoms. The van der Waals surface area contributed by atoms with E-state index in [0.717, 1.165) is 5.56 Å². The number of nitrogens with zero attached hydrogens (tertiary/aromatic N) is 1. The molecule has 3 aromatic rings. The summed E-state index contributed by atoms with van der Waals surface area (Å²) < 4.78 is 13.3. The lowest BCUT2D eigenvalue weighted by Gasteiger charge is -2.41. The third-order valence-electron chi connectivity index (χ3n) is 5.78. The van der Waals surface area contributed by atoms with Crippen LogP contribution in [-0.2, 0) is 10.2 Å². The lowest BCUT2D eigenvalue weighted by atomic mass is 9.73. The molecule has 2 N–H and O–H groups in total. The molecule has 0 unspecified atom stereocenters. The van der Waals surface area contributed by atoms with Gasteiger partial charge in [-0.1, -0.05) is 30.3 Å². The monoisotopic (exact) mass is 380 g/mol. The molecule has 1 fully saturated rings. The smallest absolute Gasteiger partial charge is 0.295 e. The highest BCUT2D eigenvalue weighted by molar-refractivity contribution is 6.44. The molecule has 0 atom stereocenters. The van der Waals surface area contributed by atoms with Gasteiger partial charge in [0.15, 0.2) is 0 Å². The molecule has 2 heterocycles. The maximum Gasteiger partial charge on any atom is 0.295 e. The maximum absolute atomic E-state index is 13.3. The minimum absolute atomic E-state index is 0.000995. The van der Waals surface area contributed by atoms with Gasteiger partial charge in [-0.05, 0) is 36.6 Å². The first-order valence-corrected chi connectivity index (χ1v) is 9.31. The summed E-state index contributed by atoms with van der Waals surface area (Å²) in [5.41, 5.74) is 1.40. The number of carbonyl (C=O) groups is 2. The lowest BCUT2D eigenvalue weighted by Crippen LogP contribution is -2.48. The fourth-order valence-electron chi connectivity index (χ4n) is 4.01. The average Bonchev–Trinajstić information content (AvgIpc) is 3.16. The average molecular weight is 380 g/mol. The van der Waals surface area contributed by atoms with Crippen molar-refractivity contribution in [3.05, 3.63) is 71.7 Å². The van der Waals surface area contributed by atoms with Crippen molar-refractivity contribution in [2.45, 2.75) is 18.3 Å². The lowest BCUT2D eigenvalue weighted by molar-refractivity contribution is -0.128. The first-order valence-electron chi connectivity index (χ1n) is 9.31. The molecule has 0 radical (unpaired) electrons. The van der Waals surface area contributed by atoms with Crippen LogP contribution in [0.15, 0.2) is 54.7 Å². The molecule has 0 aliphatic carbocycles. The van der Waals surface area contributed by atoms with E-state index in [9.17, 15) is 19.1 Å². The van der Waals surface area contributed by atoms with E-state index < -0.39 is 17.5 Å². The van der Waals surface area contributed by atoms with Gasteiger partial charge in [-0.15, -0.1) is 0 Å². The molecular weight excluding hydrogens is 359 g/mol. The van der Waals surface area contributed by atoms with Gasteiger partial charge in [-0.2, -0.15) is 0 Å². The molecule has 1 saturated heterocycles. The van der Waals surface area contributed by atoms with Crippen LogP contribution in [0.4, 0.5) is 4.39 Å². The summed E-state index contributed by atoms with van der Waals surface area (Å²) in [7, 11) is 0. The molecule has 2 aromatic carbocycles. The largest absolute Gasteiger partial charge is 0.395 e. The number of fused-ring (bicyclic) bond motifs is 1. The van der Waals surface area contributed by atoms with Crippen molar-refractivity contribution in [3.63, 3.8) is 0 Å². The second-order valence-electron chi connectivity index (χ2n) is 7.32. The van der Waals surface area contributed by atoms with E-state index in [1.165, 1.54) is 24.4 Å². The highest BCUT2D eigenvalue weighted by Gasteiger charge is 2.38. The van der Waals surface area contributed by atoms with Gasteiger partial charge in [0.25, 0.3) is 11.7 Å². The summed E-state index contributed by atoms with van der Waals surface area (Å²) in [4.78, 5) is 29.9. The van der Waals surface area contributed by atoms with Crippen LogP contribution in [0.2, 0.25) is 0 Å². The number of aromatic amines is 1. The predicted octanol–water partition coefficient (Wildman–Crippen LogP) is 3.04. The first-order chi connectivity index (χ1) is 13.5. The standard InChI is InChI=1S/C22H21FN2O3/c23-16-6-7-17-18(13-24-19(17)12-16)20(27)21(28)25-10-8-22(14-26,9-11-25)15-4-2-1-3-5-15/h1-7,12-13,24,26H,8-11,14H2. The normalized spacial score (nSPS) is 16.3. The van der Waals surface area contributed by atoms with Crippen molar-refractivity contribution < 1.29 is 19.1 Å². The SMILES string of the molecule is O=C(C(=O)N1CCC(CO)(c2ccccc2)CC1)c1c[nH]c2cc(F)ccc12. The second kappa shape index (κ2) is 7.20. The first kappa shape index (κ1) is 18.4. The van der Waals surface area contributed by atoms with Gasteiger partial charge >= 0.3 is 0 Å². The Morgan fingerprint density at radius 1 is 1.11 bits per heavy atom. The van der Waals surface area contributed by atoms with Gasteiger partial charge in [0.1, 0.15) is 5.82 Å². The number of H-pyrrole nitrogens is 1. The molecule has 1 aromatic heterocycles. The maximum atomic E-state index is 13.3. The molecule has 1 aliphatic heterocycles. The number of likely N-dealkylation sites (tertiary alicyclic amines) is 1.